The van der Waals surface area contributed by atoms with Crippen molar-refractivity contribution >= 4 is 34.4 Å². The van der Waals surface area contributed by atoms with E-state index in [4.69, 9.17) is 4.98 Å². The fourth-order valence-electron chi connectivity index (χ4n) is 7.30. The number of unbranched alkanes of at least 4 members (excludes halogenated alkanes) is 2. The minimum atomic E-state index is -0.665. The van der Waals surface area contributed by atoms with Crippen molar-refractivity contribution in [2.24, 2.45) is 17.3 Å². The zero-order valence-corrected chi connectivity index (χ0v) is 32.8. The molecule has 0 saturated heterocycles. The van der Waals surface area contributed by atoms with E-state index in [0.717, 1.165) is 54.5 Å². The molecule has 0 aromatic carbocycles. The predicted octanol–water partition coefficient (Wildman–Crippen LogP) is 10.1. The summed E-state index contributed by atoms with van der Waals surface area (Å²) >= 11 is 1.72. The summed E-state index contributed by atoms with van der Waals surface area (Å²) in [7, 11) is 1.64. The topological polar surface area (TPSA) is 80.5 Å². The van der Waals surface area contributed by atoms with Gasteiger partial charge in [0.05, 0.1) is 28.8 Å². The Labute approximate surface area is 296 Å². The van der Waals surface area contributed by atoms with Crippen LogP contribution in [0.15, 0.2) is 16.7 Å². The molecular formula is C40H65N5O2S. The Bertz CT molecular complexity index is 1320. The molecule has 1 aliphatic heterocycles. The van der Waals surface area contributed by atoms with Crippen LogP contribution in [0, 0.1) is 28.6 Å². The number of nitrogens with zero attached hydrogens (tertiary/aromatic N) is 5. The van der Waals surface area contributed by atoms with Crippen molar-refractivity contribution in [2.45, 2.75) is 151 Å². The number of nitriles is 1. The molecule has 0 spiro atoms. The van der Waals surface area contributed by atoms with Crippen LogP contribution < -0.4 is 4.90 Å². The number of amides is 2. The van der Waals surface area contributed by atoms with E-state index in [9.17, 15) is 14.9 Å². The maximum absolute atomic E-state index is 14.2. The Morgan fingerprint density at radius 3 is 2.08 bits per heavy atom. The van der Waals surface area contributed by atoms with Crippen LogP contribution >= 0.6 is 11.3 Å². The second-order valence-electron chi connectivity index (χ2n) is 15.8. The van der Waals surface area contributed by atoms with Gasteiger partial charge in [0.1, 0.15) is 0 Å². The van der Waals surface area contributed by atoms with Crippen LogP contribution in [0.4, 0.5) is 5.13 Å². The number of aromatic nitrogens is 1. The van der Waals surface area contributed by atoms with Gasteiger partial charge in [-0.1, -0.05) is 125 Å². The molecule has 1 saturated carbocycles. The molecule has 1 aliphatic carbocycles. The Morgan fingerprint density at radius 1 is 1.04 bits per heavy atom. The number of thiazole rings is 1. The number of hydrazine groups is 1. The van der Waals surface area contributed by atoms with Gasteiger partial charge in [0.15, 0.2) is 5.13 Å². The first-order valence-corrected chi connectivity index (χ1v) is 19.7. The van der Waals surface area contributed by atoms with E-state index < -0.39 is 5.41 Å². The first-order chi connectivity index (χ1) is 22.7. The maximum Gasteiger partial charge on any atom is 0.273 e. The van der Waals surface area contributed by atoms with Crippen molar-refractivity contribution < 1.29 is 9.59 Å². The van der Waals surface area contributed by atoms with Gasteiger partial charge in [-0.05, 0) is 56.1 Å². The lowest BCUT2D eigenvalue weighted by atomic mass is 9.73. The molecule has 48 heavy (non-hydrogen) atoms. The summed E-state index contributed by atoms with van der Waals surface area (Å²) in [6.07, 6.45) is 17.4. The quantitative estimate of drug-likeness (QED) is 0.163. The molecule has 8 heteroatoms. The first kappa shape index (κ1) is 39.8. The van der Waals surface area contributed by atoms with E-state index in [2.05, 4.69) is 45.6 Å². The summed E-state index contributed by atoms with van der Waals surface area (Å²) in [6.45, 7) is 21.1. The molecule has 0 radical (unpaired) electrons. The molecule has 1 aromatic heterocycles. The van der Waals surface area contributed by atoms with E-state index >= 15 is 0 Å². The summed E-state index contributed by atoms with van der Waals surface area (Å²) in [6, 6.07) is 2.34. The van der Waals surface area contributed by atoms with Gasteiger partial charge in [0, 0.05) is 36.5 Å². The number of carbonyl (C=O) groups is 2. The Kier molecular flexibility index (Phi) is 14.8. The smallest absolute Gasteiger partial charge is 0.273 e. The van der Waals surface area contributed by atoms with Crippen molar-refractivity contribution in [3.8, 4) is 6.07 Å². The zero-order chi connectivity index (χ0) is 35.6. The van der Waals surface area contributed by atoms with Gasteiger partial charge in [-0.15, -0.1) is 0 Å². The molecule has 2 amide bonds. The lowest BCUT2D eigenvalue weighted by Crippen LogP contribution is -2.53. The van der Waals surface area contributed by atoms with Crippen molar-refractivity contribution in [3.05, 3.63) is 27.3 Å². The van der Waals surface area contributed by atoms with E-state index in [-0.39, 0.29) is 23.8 Å². The SMILES string of the molecule is CCCCC(CC)CN(CC(CC)CCCC)c1nc(C2(C)CCCCC2)c(/C=C2\C(=O)N(N(C)C(=O)C(C)(C)C)CC(C#N)=C2C)s1. The lowest BCUT2D eigenvalue weighted by molar-refractivity contribution is -0.163. The Hall–Kier alpha value is -2.66. The van der Waals surface area contributed by atoms with Gasteiger partial charge in [-0.25, -0.2) is 9.99 Å². The zero-order valence-electron chi connectivity index (χ0n) is 32.0. The minimum absolute atomic E-state index is 0.0735. The van der Waals surface area contributed by atoms with Crippen LogP contribution in [0.3, 0.4) is 0 Å². The molecule has 2 atom stereocenters. The standard InChI is InChI=1S/C40H65N5O2S/c1-11-15-20-30(13-3)26-44(27-31(14-4)21-16-12-2)38-42-35(40(9)22-18-17-19-23-40)34(48-38)24-33-29(5)32(25-41)28-45(36(33)46)43(10)37(47)39(6,7)8/h24,30-31H,11-23,26-28H2,1-10H3/b33-24-. The monoisotopic (exact) mass is 679 g/mol. The summed E-state index contributed by atoms with van der Waals surface area (Å²) in [5.74, 6) is 0.816. The van der Waals surface area contributed by atoms with Gasteiger partial charge in [0.25, 0.3) is 5.91 Å². The molecule has 2 aliphatic rings. The number of hydrogen-bond donors (Lipinski definition) is 0. The molecule has 1 fully saturated rings. The normalized spacial score (nSPS) is 19.0. The Morgan fingerprint density at radius 2 is 1.60 bits per heavy atom. The van der Waals surface area contributed by atoms with E-state index in [1.807, 2.05) is 33.8 Å². The van der Waals surface area contributed by atoms with Gasteiger partial charge in [0.2, 0.25) is 5.91 Å². The van der Waals surface area contributed by atoms with Crippen molar-refractivity contribution in [1.29, 1.82) is 5.26 Å². The summed E-state index contributed by atoms with van der Waals surface area (Å²) < 4.78 is 0. The summed E-state index contributed by atoms with van der Waals surface area (Å²) in [5.41, 5.74) is 2.04. The molecule has 7 nitrogen and oxygen atoms in total. The lowest BCUT2D eigenvalue weighted by Gasteiger charge is -2.38. The third-order valence-electron chi connectivity index (χ3n) is 10.8. The van der Waals surface area contributed by atoms with Gasteiger partial charge in [-0.2, -0.15) is 5.26 Å². The highest BCUT2D eigenvalue weighted by Gasteiger charge is 2.38. The number of anilines is 1. The van der Waals surface area contributed by atoms with Crippen LogP contribution in [0.5, 0.6) is 0 Å². The van der Waals surface area contributed by atoms with E-state index in [1.165, 1.54) is 67.8 Å². The molecule has 1 aromatic rings. The third kappa shape index (κ3) is 9.73. The molecule has 2 heterocycles. The van der Waals surface area contributed by atoms with Gasteiger partial charge >= 0.3 is 0 Å². The predicted molar refractivity (Wildman–Crippen MR) is 202 cm³/mol. The van der Waals surface area contributed by atoms with E-state index in [1.54, 1.807) is 18.4 Å². The fraction of sp³-hybridized carbons (Fsp3) is 0.750. The Balaban J connectivity index is 2.19. The van der Waals surface area contributed by atoms with Crippen LogP contribution in [-0.2, 0) is 15.0 Å². The number of carbonyl (C=O) groups excluding carboxylic acids is 2. The summed E-state index contributed by atoms with van der Waals surface area (Å²) in [5, 5.41) is 14.1. The largest absolute Gasteiger partial charge is 0.348 e. The second kappa shape index (κ2) is 17.8. The van der Waals surface area contributed by atoms with Crippen LogP contribution in [0.1, 0.15) is 156 Å². The summed E-state index contributed by atoms with van der Waals surface area (Å²) in [4.78, 5) is 36.7. The third-order valence-corrected chi connectivity index (χ3v) is 11.9. The van der Waals surface area contributed by atoms with Crippen LogP contribution in [-0.4, -0.2) is 53.5 Å². The van der Waals surface area contributed by atoms with Crippen LogP contribution in [0.25, 0.3) is 6.08 Å². The molecule has 0 N–H and O–H groups in total. The van der Waals surface area contributed by atoms with E-state index in [0.29, 0.717) is 28.6 Å². The van der Waals surface area contributed by atoms with Gasteiger partial charge in [-0.3, -0.25) is 14.6 Å². The average molecular weight is 680 g/mol. The van der Waals surface area contributed by atoms with Crippen molar-refractivity contribution in [1.82, 2.24) is 15.0 Å². The fourth-order valence-corrected chi connectivity index (χ4v) is 8.48. The molecule has 0 bridgehead atoms. The first-order valence-electron chi connectivity index (χ1n) is 18.9. The number of rotatable bonds is 16. The molecule has 3 rings (SSSR count). The highest BCUT2D eigenvalue weighted by atomic mass is 32.1. The van der Waals surface area contributed by atoms with Crippen molar-refractivity contribution in [3.63, 3.8) is 0 Å². The molecule has 268 valence electrons. The highest BCUT2D eigenvalue weighted by Crippen LogP contribution is 2.45. The average Bonchev–Trinajstić information content (AvgIpc) is 3.50. The molecular weight excluding hydrogens is 615 g/mol. The van der Waals surface area contributed by atoms with Crippen LogP contribution in [0.2, 0.25) is 0 Å². The van der Waals surface area contributed by atoms with Crippen molar-refractivity contribution in [2.75, 3.05) is 31.6 Å². The molecule has 2 unspecified atom stereocenters. The minimum Gasteiger partial charge on any atom is -0.348 e. The second-order valence-corrected chi connectivity index (χ2v) is 16.8. The van der Waals surface area contributed by atoms with Gasteiger partial charge < -0.3 is 4.90 Å². The number of hydrogen-bond acceptors (Lipinski definition) is 6. The maximum atomic E-state index is 14.2. The highest BCUT2D eigenvalue weighted by molar-refractivity contribution is 7.16.